The zero-order chi connectivity index (χ0) is 22.3. The lowest BCUT2D eigenvalue weighted by Gasteiger charge is -2.17. The molecule has 4 rings (SSSR count). The molecule has 3 aromatic carbocycles. The topological polar surface area (TPSA) is 58.9 Å². The maximum Gasteiger partial charge on any atom is 0.259 e. The average molecular weight is 421 g/mol. The molecule has 31 heavy (non-hydrogen) atoms. The third kappa shape index (κ3) is 3.32. The van der Waals surface area contributed by atoms with E-state index in [1.165, 1.54) is 0 Å². The van der Waals surface area contributed by atoms with Gasteiger partial charge in [0.2, 0.25) is 0 Å². The predicted molar refractivity (Wildman–Crippen MR) is 124 cm³/mol. The van der Waals surface area contributed by atoms with Gasteiger partial charge in [0.1, 0.15) is 0 Å². The highest BCUT2D eigenvalue weighted by atomic mass is 16.5. The van der Waals surface area contributed by atoms with Gasteiger partial charge < -0.3 is 23.5 Å². The van der Waals surface area contributed by atoms with Crippen molar-refractivity contribution in [3.8, 4) is 23.0 Å². The van der Waals surface area contributed by atoms with E-state index in [1.807, 2.05) is 36.5 Å². The molecule has 0 saturated heterocycles. The van der Waals surface area contributed by atoms with Gasteiger partial charge >= 0.3 is 0 Å². The van der Waals surface area contributed by atoms with Gasteiger partial charge in [-0.3, -0.25) is 4.79 Å². The Labute approximate surface area is 180 Å². The van der Waals surface area contributed by atoms with Crippen LogP contribution in [0.1, 0.15) is 13.8 Å². The molecule has 0 amide bonds. The van der Waals surface area contributed by atoms with Crippen LogP contribution in [0, 0.1) is 5.92 Å². The number of hydrogen-bond acceptors (Lipinski definition) is 5. The molecule has 4 aromatic rings. The highest BCUT2D eigenvalue weighted by Crippen LogP contribution is 2.43. The number of methoxy groups -OCH3 is 4. The fraction of sp³-hybridized carbons (Fsp3) is 0.320. The third-order valence-corrected chi connectivity index (χ3v) is 5.62. The first-order valence-corrected chi connectivity index (χ1v) is 10.2. The Morgan fingerprint density at radius 1 is 0.710 bits per heavy atom. The molecule has 0 atom stereocenters. The Kier molecular flexibility index (Phi) is 5.39. The molecule has 0 unspecified atom stereocenters. The zero-order valence-corrected chi connectivity index (χ0v) is 18.7. The summed E-state index contributed by atoms with van der Waals surface area (Å²) >= 11 is 0. The summed E-state index contributed by atoms with van der Waals surface area (Å²) in [5.74, 6) is 2.76. The van der Waals surface area contributed by atoms with E-state index in [0.717, 1.165) is 26.9 Å². The molecule has 0 fully saturated rings. The molecule has 0 aliphatic rings. The summed E-state index contributed by atoms with van der Waals surface area (Å²) in [6.07, 6.45) is 1.87. The number of nitrogens with zero attached hydrogens (tertiary/aromatic N) is 1. The number of ether oxygens (including phenoxy) is 4. The highest BCUT2D eigenvalue weighted by molar-refractivity contribution is 6.26. The number of rotatable bonds is 6. The van der Waals surface area contributed by atoms with Crippen LogP contribution in [-0.2, 0) is 6.54 Å². The molecular formula is C25H27NO5. The third-order valence-electron chi connectivity index (χ3n) is 5.62. The van der Waals surface area contributed by atoms with E-state index in [1.54, 1.807) is 33.0 Å². The molecule has 6 nitrogen and oxygen atoms in total. The minimum Gasteiger partial charge on any atom is -0.493 e. The predicted octanol–water partition coefficient (Wildman–Crippen LogP) is 5.00. The Bertz CT molecular complexity index is 1350. The zero-order valence-electron chi connectivity index (χ0n) is 18.7. The van der Waals surface area contributed by atoms with Crippen molar-refractivity contribution >= 4 is 32.3 Å². The lowest BCUT2D eigenvalue weighted by Crippen LogP contribution is -2.22. The van der Waals surface area contributed by atoms with Crippen LogP contribution >= 0.6 is 0 Å². The van der Waals surface area contributed by atoms with Crippen molar-refractivity contribution < 1.29 is 18.9 Å². The van der Waals surface area contributed by atoms with E-state index >= 15 is 0 Å². The van der Waals surface area contributed by atoms with Crippen LogP contribution in [0.2, 0.25) is 0 Å². The van der Waals surface area contributed by atoms with Crippen molar-refractivity contribution in [2.75, 3.05) is 28.4 Å². The fourth-order valence-electron chi connectivity index (χ4n) is 4.23. The molecule has 0 spiro atoms. The van der Waals surface area contributed by atoms with Gasteiger partial charge in [0.05, 0.1) is 33.8 Å². The monoisotopic (exact) mass is 421 g/mol. The van der Waals surface area contributed by atoms with Gasteiger partial charge in [-0.2, -0.15) is 0 Å². The summed E-state index contributed by atoms with van der Waals surface area (Å²) in [6.45, 7) is 4.84. The largest absolute Gasteiger partial charge is 0.493 e. The quantitative estimate of drug-likeness (QED) is 0.410. The molecular weight excluding hydrogens is 394 g/mol. The van der Waals surface area contributed by atoms with Crippen LogP contribution in [-0.4, -0.2) is 33.0 Å². The maximum atomic E-state index is 13.6. The van der Waals surface area contributed by atoms with Gasteiger partial charge in [0.15, 0.2) is 23.0 Å². The van der Waals surface area contributed by atoms with E-state index in [2.05, 4.69) is 13.8 Å². The number of hydrogen-bond donors (Lipinski definition) is 0. The molecule has 1 aromatic heterocycles. The van der Waals surface area contributed by atoms with Crippen LogP contribution in [0.25, 0.3) is 32.3 Å². The van der Waals surface area contributed by atoms with Gasteiger partial charge in [-0.1, -0.05) is 13.8 Å². The van der Waals surface area contributed by atoms with E-state index in [9.17, 15) is 4.79 Å². The summed E-state index contributed by atoms with van der Waals surface area (Å²) in [4.78, 5) is 13.6. The van der Waals surface area contributed by atoms with Crippen molar-refractivity contribution in [2.24, 2.45) is 5.92 Å². The number of benzene rings is 3. The van der Waals surface area contributed by atoms with Gasteiger partial charge in [0.25, 0.3) is 5.56 Å². The van der Waals surface area contributed by atoms with Crippen molar-refractivity contribution in [1.82, 2.24) is 4.57 Å². The second-order valence-electron chi connectivity index (χ2n) is 7.96. The van der Waals surface area contributed by atoms with E-state index in [-0.39, 0.29) is 5.56 Å². The second-order valence-corrected chi connectivity index (χ2v) is 7.96. The fourth-order valence-corrected chi connectivity index (χ4v) is 4.23. The average Bonchev–Trinajstić information content (AvgIpc) is 2.78. The van der Waals surface area contributed by atoms with Crippen molar-refractivity contribution in [2.45, 2.75) is 20.4 Å². The molecule has 0 aliphatic heterocycles. The van der Waals surface area contributed by atoms with Gasteiger partial charge in [-0.25, -0.2) is 0 Å². The van der Waals surface area contributed by atoms with Crippen LogP contribution in [0.4, 0.5) is 0 Å². The van der Waals surface area contributed by atoms with Gasteiger partial charge in [-0.05, 0) is 63.2 Å². The Morgan fingerprint density at radius 2 is 1.13 bits per heavy atom. The summed E-state index contributed by atoms with van der Waals surface area (Å²) in [6, 6.07) is 9.68. The number of pyridine rings is 1. The van der Waals surface area contributed by atoms with Gasteiger partial charge in [0, 0.05) is 12.7 Å². The molecule has 0 N–H and O–H groups in total. The Morgan fingerprint density at radius 3 is 1.58 bits per heavy atom. The summed E-state index contributed by atoms with van der Waals surface area (Å²) < 4.78 is 24.0. The molecule has 1 heterocycles. The molecule has 0 aliphatic carbocycles. The first-order chi connectivity index (χ1) is 14.9. The Balaban J connectivity index is 2.28. The van der Waals surface area contributed by atoms with Crippen LogP contribution in [0.3, 0.4) is 0 Å². The van der Waals surface area contributed by atoms with E-state index in [0.29, 0.717) is 40.8 Å². The number of aromatic nitrogens is 1. The molecule has 6 heteroatoms. The lowest BCUT2D eigenvalue weighted by molar-refractivity contribution is 0.355. The van der Waals surface area contributed by atoms with Crippen LogP contribution in [0.15, 0.2) is 41.3 Å². The van der Waals surface area contributed by atoms with Gasteiger partial charge in [-0.15, -0.1) is 0 Å². The maximum absolute atomic E-state index is 13.6. The standard InChI is InChI=1S/C25H27NO5/c1-14(2)13-26-8-7-15-16-9-20(28-3)21(29-4)10-17(16)18-11-22(30-5)23(31-6)12-19(18)24(15)25(26)27/h7-12,14H,13H2,1-6H3. The van der Waals surface area contributed by atoms with Crippen LogP contribution in [0.5, 0.6) is 23.0 Å². The number of fused-ring (bicyclic) bond motifs is 6. The summed E-state index contributed by atoms with van der Waals surface area (Å²) in [5, 5.41) is 5.08. The smallest absolute Gasteiger partial charge is 0.259 e. The highest BCUT2D eigenvalue weighted by Gasteiger charge is 2.19. The second kappa shape index (κ2) is 8.02. The molecule has 0 bridgehead atoms. The normalized spacial score (nSPS) is 11.5. The first kappa shape index (κ1) is 20.8. The minimum absolute atomic E-state index is 0.0277. The lowest BCUT2D eigenvalue weighted by atomic mass is 9.94. The van der Waals surface area contributed by atoms with Crippen LogP contribution < -0.4 is 24.5 Å². The Hall–Kier alpha value is -3.41. The minimum atomic E-state index is -0.0277. The van der Waals surface area contributed by atoms with Crippen molar-refractivity contribution in [3.05, 3.63) is 46.9 Å². The summed E-state index contributed by atoms with van der Waals surface area (Å²) in [7, 11) is 6.42. The molecule has 0 radical (unpaired) electrons. The first-order valence-electron chi connectivity index (χ1n) is 10.2. The SMILES string of the molecule is COc1cc2c(cc1OC)c1ccn(CC(C)C)c(=O)c1c1cc(OC)c(OC)cc21. The van der Waals surface area contributed by atoms with E-state index < -0.39 is 0 Å². The van der Waals surface area contributed by atoms with Crippen molar-refractivity contribution in [1.29, 1.82) is 0 Å². The summed E-state index contributed by atoms with van der Waals surface area (Å²) in [5.41, 5.74) is -0.0277. The van der Waals surface area contributed by atoms with Crippen molar-refractivity contribution in [3.63, 3.8) is 0 Å². The molecule has 0 saturated carbocycles. The van der Waals surface area contributed by atoms with E-state index in [4.69, 9.17) is 18.9 Å². The molecule has 162 valence electrons.